The van der Waals surface area contributed by atoms with Gasteiger partial charge in [-0.05, 0) is 57.4 Å². The van der Waals surface area contributed by atoms with Crippen molar-refractivity contribution in [1.82, 2.24) is 0 Å². The van der Waals surface area contributed by atoms with E-state index in [1.54, 1.807) is 0 Å². The van der Waals surface area contributed by atoms with Crippen LogP contribution in [0.3, 0.4) is 0 Å². The van der Waals surface area contributed by atoms with E-state index in [0.29, 0.717) is 12.1 Å². The van der Waals surface area contributed by atoms with Gasteiger partial charge >= 0.3 is 0 Å². The molecule has 15 heavy (non-hydrogen) atoms. The van der Waals surface area contributed by atoms with Crippen LogP contribution in [0.15, 0.2) is 18.2 Å². The lowest BCUT2D eigenvalue weighted by Gasteiger charge is -2.30. The van der Waals surface area contributed by atoms with E-state index in [2.05, 4.69) is 37.8 Å². The molecule has 1 aliphatic heterocycles. The fraction of sp³-hybridized carbons (Fsp3) is 0.538. The maximum absolute atomic E-state index is 5.78. The molecule has 0 aromatic heterocycles. The highest BCUT2D eigenvalue weighted by atomic mass is 15.2. The predicted molar refractivity (Wildman–Crippen MR) is 66.2 cm³/mol. The third-order valence-corrected chi connectivity index (χ3v) is 3.45. The van der Waals surface area contributed by atoms with E-state index in [4.69, 9.17) is 5.73 Å². The first-order valence-electron chi connectivity index (χ1n) is 5.74. The second-order valence-corrected chi connectivity index (χ2v) is 4.73. The number of anilines is 2. The fourth-order valence-corrected chi connectivity index (χ4v) is 2.64. The highest BCUT2D eigenvalue weighted by Gasteiger charge is 2.28. The van der Waals surface area contributed by atoms with Crippen molar-refractivity contribution in [3.63, 3.8) is 0 Å². The van der Waals surface area contributed by atoms with Crippen LogP contribution in [-0.4, -0.2) is 12.1 Å². The molecule has 1 heterocycles. The minimum absolute atomic E-state index is 0.655. The zero-order valence-electron chi connectivity index (χ0n) is 9.83. The van der Waals surface area contributed by atoms with E-state index in [1.165, 1.54) is 24.1 Å². The molecule has 1 aliphatic rings. The molecule has 0 spiro atoms. The summed E-state index contributed by atoms with van der Waals surface area (Å²) >= 11 is 0. The number of nitrogen functional groups attached to an aromatic ring is 1. The van der Waals surface area contributed by atoms with Crippen molar-refractivity contribution in [3.8, 4) is 0 Å². The van der Waals surface area contributed by atoms with Crippen LogP contribution in [0.2, 0.25) is 0 Å². The molecule has 0 bridgehead atoms. The molecular formula is C13H20N2. The highest BCUT2D eigenvalue weighted by Crippen LogP contribution is 2.33. The molecular weight excluding hydrogens is 184 g/mol. The van der Waals surface area contributed by atoms with Crippen LogP contribution in [0.1, 0.15) is 32.3 Å². The molecule has 0 aliphatic carbocycles. The minimum atomic E-state index is 0.655. The smallest absolute Gasteiger partial charge is 0.0402 e. The van der Waals surface area contributed by atoms with Gasteiger partial charge in [0.25, 0.3) is 0 Å². The highest BCUT2D eigenvalue weighted by molar-refractivity contribution is 5.60. The molecule has 2 rings (SSSR count). The summed E-state index contributed by atoms with van der Waals surface area (Å²) in [5, 5.41) is 0. The Balaban J connectivity index is 2.36. The van der Waals surface area contributed by atoms with Crippen LogP contribution >= 0.6 is 0 Å². The number of rotatable bonds is 1. The van der Waals surface area contributed by atoms with Gasteiger partial charge in [-0.25, -0.2) is 0 Å². The molecule has 1 aromatic carbocycles. The normalized spacial score (nSPS) is 25.9. The lowest BCUT2D eigenvalue weighted by molar-refractivity contribution is 0.692. The molecule has 0 saturated carbocycles. The van der Waals surface area contributed by atoms with Gasteiger partial charge in [0.15, 0.2) is 0 Å². The Morgan fingerprint density at radius 3 is 2.33 bits per heavy atom. The molecule has 2 nitrogen and oxygen atoms in total. The largest absolute Gasteiger partial charge is 0.399 e. The van der Waals surface area contributed by atoms with Crippen LogP contribution in [0.4, 0.5) is 11.4 Å². The molecule has 2 heteroatoms. The van der Waals surface area contributed by atoms with E-state index in [-0.39, 0.29) is 0 Å². The van der Waals surface area contributed by atoms with Gasteiger partial charge in [0.05, 0.1) is 0 Å². The minimum Gasteiger partial charge on any atom is -0.399 e. The van der Waals surface area contributed by atoms with Gasteiger partial charge in [0.2, 0.25) is 0 Å². The van der Waals surface area contributed by atoms with Crippen molar-refractivity contribution in [2.75, 3.05) is 10.6 Å². The summed E-state index contributed by atoms with van der Waals surface area (Å²) in [5.41, 5.74) is 9.27. The summed E-state index contributed by atoms with van der Waals surface area (Å²) in [6.45, 7) is 6.75. The molecule has 82 valence electrons. The lowest BCUT2D eigenvalue weighted by Crippen LogP contribution is -2.33. The number of hydrogen-bond acceptors (Lipinski definition) is 2. The van der Waals surface area contributed by atoms with Gasteiger partial charge in [0, 0.05) is 23.5 Å². The number of aryl methyl sites for hydroxylation is 1. The van der Waals surface area contributed by atoms with Crippen molar-refractivity contribution < 1.29 is 0 Å². The van der Waals surface area contributed by atoms with Gasteiger partial charge in [-0.2, -0.15) is 0 Å². The zero-order chi connectivity index (χ0) is 11.0. The summed E-state index contributed by atoms with van der Waals surface area (Å²) in [4.78, 5) is 2.52. The monoisotopic (exact) mass is 204 g/mol. The Labute approximate surface area is 92.1 Å². The Morgan fingerprint density at radius 2 is 1.80 bits per heavy atom. The van der Waals surface area contributed by atoms with Crippen molar-refractivity contribution >= 4 is 11.4 Å². The first kappa shape index (κ1) is 10.3. The van der Waals surface area contributed by atoms with Crippen molar-refractivity contribution in [2.45, 2.75) is 45.7 Å². The molecule has 0 radical (unpaired) electrons. The summed E-state index contributed by atoms with van der Waals surface area (Å²) in [7, 11) is 0. The molecule has 1 saturated heterocycles. The summed E-state index contributed by atoms with van der Waals surface area (Å²) < 4.78 is 0. The van der Waals surface area contributed by atoms with Crippen LogP contribution in [0.25, 0.3) is 0 Å². The molecule has 0 amide bonds. The van der Waals surface area contributed by atoms with Crippen molar-refractivity contribution in [2.24, 2.45) is 0 Å². The van der Waals surface area contributed by atoms with Crippen LogP contribution in [-0.2, 0) is 0 Å². The summed E-state index contributed by atoms with van der Waals surface area (Å²) in [5.74, 6) is 0. The van der Waals surface area contributed by atoms with E-state index in [0.717, 1.165) is 5.69 Å². The van der Waals surface area contributed by atoms with Gasteiger partial charge in [-0.15, -0.1) is 0 Å². The van der Waals surface area contributed by atoms with E-state index < -0.39 is 0 Å². The standard InChI is InChI=1S/C13H20N2/c1-9-8-12(14)6-7-13(9)15-10(2)4-5-11(15)3/h6-8,10-11H,4-5,14H2,1-3H3/t10-,11-/m1/s1. The van der Waals surface area contributed by atoms with Crippen LogP contribution < -0.4 is 10.6 Å². The maximum atomic E-state index is 5.78. The Kier molecular flexibility index (Phi) is 2.59. The van der Waals surface area contributed by atoms with Crippen LogP contribution in [0.5, 0.6) is 0 Å². The fourth-order valence-electron chi connectivity index (χ4n) is 2.64. The van der Waals surface area contributed by atoms with E-state index in [1.807, 2.05) is 6.07 Å². The molecule has 1 fully saturated rings. The molecule has 2 N–H and O–H groups in total. The zero-order valence-corrected chi connectivity index (χ0v) is 9.83. The van der Waals surface area contributed by atoms with Crippen molar-refractivity contribution in [3.05, 3.63) is 23.8 Å². The van der Waals surface area contributed by atoms with E-state index >= 15 is 0 Å². The first-order valence-corrected chi connectivity index (χ1v) is 5.74. The predicted octanol–water partition coefficient (Wildman–Crippen LogP) is 2.95. The molecule has 0 unspecified atom stereocenters. The lowest BCUT2D eigenvalue weighted by atomic mass is 10.1. The molecule has 1 aromatic rings. The van der Waals surface area contributed by atoms with E-state index in [9.17, 15) is 0 Å². The van der Waals surface area contributed by atoms with Gasteiger partial charge in [0.1, 0.15) is 0 Å². The molecule has 2 atom stereocenters. The Bertz CT molecular complexity index is 350. The van der Waals surface area contributed by atoms with Crippen molar-refractivity contribution in [1.29, 1.82) is 0 Å². The number of benzene rings is 1. The average molecular weight is 204 g/mol. The quantitative estimate of drug-likeness (QED) is 0.713. The average Bonchev–Trinajstić information content (AvgIpc) is 2.48. The summed E-state index contributed by atoms with van der Waals surface area (Å²) in [6, 6.07) is 7.53. The van der Waals surface area contributed by atoms with Gasteiger partial charge < -0.3 is 10.6 Å². The van der Waals surface area contributed by atoms with Crippen LogP contribution in [0, 0.1) is 6.92 Å². The Hall–Kier alpha value is -1.18. The van der Waals surface area contributed by atoms with Gasteiger partial charge in [-0.3, -0.25) is 0 Å². The first-order chi connectivity index (χ1) is 7.09. The second kappa shape index (κ2) is 3.76. The summed E-state index contributed by atoms with van der Waals surface area (Å²) in [6.07, 6.45) is 2.59. The SMILES string of the molecule is Cc1cc(N)ccc1N1[C@H](C)CC[C@H]1C. The van der Waals surface area contributed by atoms with Gasteiger partial charge in [-0.1, -0.05) is 0 Å². The third-order valence-electron chi connectivity index (χ3n) is 3.45. The number of nitrogens with zero attached hydrogens (tertiary/aromatic N) is 1. The maximum Gasteiger partial charge on any atom is 0.0402 e. The second-order valence-electron chi connectivity index (χ2n) is 4.73. The topological polar surface area (TPSA) is 29.3 Å². The number of hydrogen-bond donors (Lipinski definition) is 1. The third kappa shape index (κ3) is 1.81. The Morgan fingerprint density at radius 1 is 1.20 bits per heavy atom. The number of nitrogens with two attached hydrogens (primary N) is 1.